The minimum atomic E-state index is -0.174. The van der Waals surface area contributed by atoms with Gasteiger partial charge in [0.25, 0.3) is 0 Å². The minimum Gasteiger partial charge on any atom is -0.257 e. The van der Waals surface area contributed by atoms with Crippen LogP contribution in [-0.4, -0.2) is 25.1 Å². The number of carbonyl (C=O) groups is 1. The fraction of sp³-hybridized carbons (Fsp3) is 0.125. The van der Waals surface area contributed by atoms with E-state index in [1.165, 1.54) is 21.8 Å². The summed E-state index contributed by atoms with van der Waals surface area (Å²) in [4.78, 5) is 19.3. The molecule has 0 aliphatic heterocycles. The minimum absolute atomic E-state index is 0.174. The van der Waals surface area contributed by atoms with Gasteiger partial charge in [-0.25, -0.2) is 14.8 Å². The smallest absolute Gasteiger partial charge is 0.257 e. The van der Waals surface area contributed by atoms with Gasteiger partial charge in [-0.05, 0) is 6.92 Å². The zero-order valence-corrected chi connectivity index (χ0v) is 7.08. The summed E-state index contributed by atoms with van der Waals surface area (Å²) in [5.41, 5.74) is 0.804. The van der Waals surface area contributed by atoms with Crippen LogP contribution in [0.15, 0.2) is 31.2 Å². The SMILES string of the molecule is Cc1cncn1C(=O)n1ccnc1. The highest BCUT2D eigenvalue weighted by atomic mass is 16.2. The van der Waals surface area contributed by atoms with Crippen molar-refractivity contribution in [1.29, 1.82) is 0 Å². The Balaban J connectivity index is 2.39. The summed E-state index contributed by atoms with van der Waals surface area (Å²) in [6.07, 6.45) is 7.74. The van der Waals surface area contributed by atoms with Crippen molar-refractivity contribution in [2.24, 2.45) is 0 Å². The van der Waals surface area contributed by atoms with Gasteiger partial charge in [-0.15, -0.1) is 0 Å². The van der Waals surface area contributed by atoms with Crippen LogP contribution in [0.4, 0.5) is 4.79 Å². The lowest BCUT2D eigenvalue weighted by molar-refractivity contribution is 0.243. The number of hydrogen-bond acceptors (Lipinski definition) is 3. The van der Waals surface area contributed by atoms with E-state index in [1.807, 2.05) is 6.92 Å². The molecule has 0 saturated carbocycles. The van der Waals surface area contributed by atoms with E-state index in [4.69, 9.17) is 0 Å². The van der Waals surface area contributed by atoms with E-state index in [0.717, 1.165) is 5.69 Å². The van der Waals surface area contributed by atoms with Gasteiger partial charge in [-0.2, -0.15) is 0 Å². The number of rotatable bonds is 0. The molecule has 0 spiro atoms. The molecular weight excluding hydrogens is 168 g/mol. The van der Waals surface area contributed by atoms with E-state index in [1.54, 1.807) is 18.6 Å². The fourth-order valence-electron chi connectivity index (χ4n) is 1.06. The second-order valence-corrected chi connectivity index (χ2v) is 2.66. The average Bonchev–Trinajstić information content (AvgIpc) is 2.72. The largest absolute Gasteiger partial charge is 0.339 e. The van der Waals surface area contributed by atoms with Crippen LogP contribution >= 0.6 is 0 Å². The van der Waals surface area contributed by atoms with Crippen LogP contribution in [0.5, 0.6) is 0 Å². The Morgan fingerprint density at radius 3 is 2.77 bits per heavy atom. The molecule has 5 nitrogen and oxygen atoms in total. The van der Waals surface area contributed by atoms with Crippen molar-refractivity contribution in [3.8, 4) is 0 Å². The van der Waals surface area contributed by atoms with Crippen LogP contribution in [0.2, 0.25) is 0 Å². The van der Waals surface area contributed by atoms with Crippen molar-refractivity contribution in [3.63, 3.8) is 0 Å². The first-order chi connectivity index (χ1) is 6.29. The number of nitrogens with zero attached hydrogens (tertiary/aromatic N) is 4. The van der Waals surface area contributed by atoms with Gasteiger partial charge in [0.05, 0.1) is 0 Å². The second kappa shape index (κ2) is 2.85. The summed E-state index contributed by atoms with van der Waals surface area (Å²) in [5.74, 6) is 0. The van der Waals surface area contributed by atoms with Crippen LogP contribution in [0, 0.1) is 6.92 Å². The third-order valence-electron chi connectivity index (χ3n) is 1.75. The van der Waals surface area contributed by atoms with Gasteiger partial charge < -0.3 is 0 Å². The Hall–Kier alpha value is -1.91. The highest BCUT2D eigenvalue weighted by Crippen LogP contribution is 1.98. The number of hydrogen-bond donors (Lipinski definition) is 0. The summed E-state index contributed by atoms with van der Waals surface area (Å²) in [6, 6.07) is -0.174. The van der Waals surface area contributed by atoms with E-state index in [-0.39, 0.29) is 6.03 Å². The molecule has 0 bridgehead atoms. The van der Waals surface area contributed by atoms with Gasteiger partial charge in [0.15, 0.2) is 0 Å². The lowest BCUT2D eigenvalue weighted by atomic mass is 10.5. The van der Waals surface area contributed by atoms with Gasteiger partial charge >= 0.3 is 6.03 Å². The van der Waals surface area contributed by atoms with Gasteiger partial charge in [0.2, 0.25) is 0 Å². The van der Waals surface area contributed by atoms with Crippen molar-refractivity contribution in [1.82, 2.24) is 19.1 Å². The van der Waals surface area contributed by atoms with Crippen molar-refractivity contribution in [2.75, 3.05) is 0 Å². The second-order valence-electron chi connectivity index (χ2n) is 2.66. The molecule has 2 heterocycles. The van der Waals surface area contributed by atoms with Crippen LogP contribution in [-0.2, 0) is 0 Å². The van der Waals surface area contributed by atoms with Crippen molar-refractivity contribution >= 4 is 6.03 Å². The Labute approximate surface area is 74.7 Å². The first-order valence-corrected chi connectivity index (χ1v) is 3.80. The Morgan fingerprint density at radius 1 is 1.38 bits per heavy atom. The van der Waals surface area contributed by atoms with E-state index in [2.05, 4.69) is 9.97 Å². The zero-order chi connectivity index (χ0) is 9.26. The molecule has 66 valence electrons. The monoisotopic (exact) mass is 176 g/mol. The zero-order valence-electron chi connectivity index (χ0n) is 7.08. The third kappa shape index (κ3) is 1.24. The maximum Gasteiger partial charge on any atom is 0.339 e. The molecule has 2 rings (SSSR count). The predicted molar refractivity (Wildman–Crippen MR) is 45.4 cm³/mol. The van der Waals surface area contributed by atoms with Gasteiger partial charge in [-0.1, -0.05) is 0 Å². The Kier molecular flexibility index (Phi) is 1.70. The van der Waals surface area contributed by atoms with Gasteiger partial charge in [0, 0.05) is 24.3 Å². The van der Waals surface area contributed by atoms with Crippen molar-refractivity contribution in [2.45, 2.75) is 6.92 Å². The predicted octanol–water partition coefficient (Wildman–Crippen LogP) is 0.904. The van der Waals surface area contributed by atoms with E-state index in [9.17, 15) is 4.79 Å². The molecular formula is C8H8N4O. The summed E-state index contributed by atoms with van der Waals surface area (Å²) in [7, 11) is 0. The number of carbonyl (C=O) groups excluding carboxylic acids is 1. The van der Waals surface area contributed by atoms with Crippen LogP contribution in [0.3, 0.4) is 0 Å². The summed E-state index contributed by atoms with van der Waals surface area (Å²) in [6.45, 7) is 1.82. The fourth-order valence-corrected chi connectivity index (χ4v) is 1.06. The summed E-state index contributed by atoms with van der Waals surface area (Å²) < 4.78 is 2.86. The normalized spacial score (nSPS) is 10.2. The molecule has 0 amide bonds. The van der Waals surface area contributed by atoms with Gasteiger partial charge in [0.1, 0.15) is 12.7 Å². The molecule has 0 aromatic carbocycles. The molecule has 0 fully saturated rings. The average molecular weight is 176 g/mol. The highest BCUT2D eigenvalue weighted by Gasteiger charge is 2.07. The molecule has 0 aliphatic carbocycles. The maximum atomic E-state index is 11.6. The van der Waals surface area contributed by atoms with Crippen LogP contribution < -0.4 is 0 Å². The first-order valence-electron chi connectivity index (χ1n) is 3.80. The van der Waals surface area contributed by atoms with Gasteiger partial charge in [-0.3, -0.25) is 9.13 Å². The molecule has 13 heavy (non-hydrogen) atoms. The summed E-state index contributed by atoms with van der Waals surface area (Å²) >= 11 is 0. The maximum absolute atomic E-state index is 11.6. The molecule has 0 radical (unpaired) electrons. The molecule has 0 aliphatic rings. The number of aromatic nitrogens is 4. The first kappa shape index (κ1) is 7.72. The molecule has 2 aromatic heterocycles. The van der Waals surface area contributed by atoms with Crippen LogP contribution in [0.1, 0.15) is 5.69 Å². The molecule has 0 atom stereocenters. The Bertz CT molecular complexity index is 415. The van der Waals surface area contributed by atoms with E-state index >= 15 is 0 Å². The van der Waals surface area contributed by atoms with Crippen molar-refractivity contribution in [3.05, 3.63) is 36.9 Å². The lowest BCUT2D eigenvalue weighted by Crippen LogP contribution is -2.17. The number of aryl methyl sites for hydroxylation is 1. The van der Waals surface area contributed by atoms with E-state index in [0.29, 0.717) is 0 Å². The molecule has 0 saturated heterocycles. The standard InChI is InChI=1S/C8H8N4O/c1-7-4-10-6-12(7)8(13)11-3-2-9-5-11/h2-6H,1H3. The summed E-state index contributed by atoms with van der Waals surface area (Å²) in [5, 5.41) is 0. The Morgan fingerprint density at radius 2 is 2.23 bits per heavy atom. The third-order valence-corrected chi connectivity index (χ3v) is 1.75. The highest BCUT2D eigenvalue weighted by molar-refractivity contribution is 5.79. The molecule has 0 N–H and O–H groups in total. The van der Waals surface area contributed by atoms with Crippen molar-refractivity contribution < 1.29 is 4.79 Å². The van der Waals surface area contributed by atoms with Crippen LogP contribution in [0.25, 0.3) is 0 Å². The topological polar surface area (TPSA) is 52.7 Å². The molecule has 2 aromatic rings. The van der Waals surface area contributed by atoms with E-state index < -0.39 is 0 Å². The molecule has 5 heteroatoms. The quantitative estimate of drug-likeness (QED) is 0.599. The number of imidazole rings is 2. The molecule has 0 unspecified atom stereocenters. The lowest BCUT2D eigenvalue weighted by Gasteiger charge is -2.02.